The van der Waals surface area contributed by atoms with Crippen molar-refractivity contribution >= 4 is 0 Å². The lowest BCUT2D eigenvalue weighted by Gasteiger charge is -2.10. The van der Waals surface area contributed by atoms with Crippen LogP contribution < -0.4 is 10.5 Å². The number of aromatic hydroxyl groups is 1. The highest BCUT2D eigenvalue weighted by Crippen LogP contribution is 2.27. The Labute approximate surface area is 84.5 Å². The molecule has 0 aromatic heterocycles. The second-order valence-electron chi connectivity index (χ2n) is 3.55. The van der Waals surface area contributed by atoms with Gasteiger partial charge in [-0.1, -0.05) is 13.0 Å². The van der Waals surface area contributed by atoms with Gasteiger partial charge in [-0.2, -0.15) is 0 Å². The summed E-state index contributed by atoms with van der Waals surface area (Å²) in [6.07, 6.45) is 0.910. The number of methoxy groups -OCH3 is 1. The molecule has 0 spiro atoms. The van der Waals surface area contributed by atoms with Crippen LogP contribution >= 0.6 is 0 Å². The topological polar surface area (TPSA) is 55.5 Å². The van der Waals surface area contributed by atoms with E-state index in [1.807, 2.05) is 12.1 Å². The Morgan fingerprint density at radius 1 is 1.50 bits per heavy atom. The molecule has 1 rings (SSSR count). The van der Waals surface area contributed by atoms with E-state index in [1.165, 1.54) is 0 Å². The fourth-order valence-electron chi connectivity index (χ4n) is 1.33. The standard InChI is InChI=1S/C11H17NO2/c1-8(7-12)5-9-3-4-10(13)11(6-9)14-2/h3-4,6,8,13H,5,7,12H2,1-2H3. The number of ether oxygens (including phenoxy) is 1. The minimum atomic E-state index is 0.177. The molecule has 0 heterocycles. The number of benzene rings is 1. The van der Waals surface area contributed by atoms with Gasteiger partial charge in [0.2, 0.25) is 0 Å². The van der Waals surface area contributed by atoms with E-state index in [-0.39, 0.29) is 5.75 Å². The zero-order chi connectivity index (χ0) is 10.6. The van der Waals surface area contributed by atoms with Crippen LogP contribution in [0.2, 0.25) is 0 Å². The highest BCUT2D eigenvalue weighted by atomic mass is 16.5. The Morgan fingerprint density at radius 3 is 2.79 bits per heavy atom. The predicted molar refractivity (Wildman–Crippen MR) is 56.6 cm³/mol. The predicted octanol–water partition coefficient (Wildman–Crippen LogP) is 1.54. The van der Waals surface area contributed by atoms with Gasteiger partial charge in [0.25, 0.3) is 0 Å². The van der Waals surface area contributed by atoms with Crippen LogP contribution in [0.3, 0.4) is 0 Å². The molecule has 3 N–H and O–H groups in total. The average Bonchev–Trinajstić information content (AvgIpc) is 2.20. The summed E-state index contributed by atoms with van der Waals surface area (Å²) in [5.74, 6) is 1.15. The van der Waals surface area contributed by atoms with Gasteiger partial charge in [0, 0.05) is 0 Å². The van der Waals surface area contributed by atoms with E-state index in [0.717, 1.165) is 12.0 Å². The zero-order valence-electron chi connectivity index (χ0n) is 8.66. The maximum absolute atomic E-state index is 9.38. The van der Waals surface area contributed by atoms with Crippen molar-refractivity contribution in [2.75, 3.05) is 13.7 Å². The largest absolute Gasteiger partial charge is 0.504 e. The van der Waals surface area contributed by atoms with Crippen molar-refractivity contribution in [3.8, 4) is 11.5 Å². The third-order valence-electron chi connectivity index (χ3n) is 2.23. The maximum Gasteiger partial charge on any atom is 0.160 e. The second kappa shape index (κ2) is 4.86. The molecule has 1 aromatic carbocycles. The number of phenols is 1. The summed E-state index contributed by atoms with van der Waals surface area (Å²) in [5, 5.41) is 9.38. The van der Waals surface area contributed by atoms with Crippen molar-refractivity contribution in [3.63, 3.8) is 0 Å². The van der Waals surface area contributed by atoms with Crippen molar-refractivity contribution < 1.29 is 9.84 Å². The van der Waals surface area contributed by atoms with Gasteiger partial charge in [0.1, 0.15) is 0 Å². The molecular formula is C11H17NO2. The molecule has 0 aliphatic carbocycles. The van der Waals surface area contributed by atoms with E-state index >= 15 is 0 Å². The first-order valence-electron chi connectivity index (χ1n) is 4.73. The summed E-state index contributed by atoms with van der Waals surface area (Å²) in [4.78, 5) is 0. The molecular weight excluding hydrogens is 178 g/mol. The van der Waals surface area contributed by atoms with Crippen LogP contribution in [0.15, 0.2) is 18.2 Å². The molecule has 1 unspecified atom stereocenters. The smallest absolute Gasteiger partial charge is 0.160 e. The van der Waals surface area contributed by atoms with Crippen molar-refractivity contribution in [2.24, 2.45) is 11.7 Å². The van der Waals surface area contributed by atoms with E-state index in [1.54, 1.807) is 13.2 Å². The lowest BCUT2D eigenvalue weighted by molar-refractivity contribution is 0.372. The first-order valence-corrected chi connectivity index (χ1v) is 4.73. The summed E-state index contributed by atoms with van der Waals surface area (Å²) in [7, 11) is 1.55. The Kier molecular flexibility index (Phi) is 3.77. The Hall–Kier alpha value is -1.22. The monoisotopic (exact) mass is 195 g/mol. The van der Waals surface area contributed by atoms with Crippen molar-refractivity contribution in [1.29, 1.82) is 0 Å². The van der Waals surface area contributed by atoms with Gasteiger partial charge in [-0.05, 0) is 36.6 Å². The van der Waals surface area contributed by atoms with Crippen LogP contribution in [0.25, 0.3) is 0 Å². The molecule has 0 amide bonds. The van der Waals surface area contributed by atoms with Crippen LogP contribution in [-0.4, -0.2) is 18.8 Å². The number of rotatable bonds is 4. The molecule has 14 heavy (non-hydrogen) atoms. The summed E-state index contributed by atoms with van der Waals surface area (Å²) < 4.78 is 5.02. The zero-order valence-corrected chi connectivity index (χ0v) is 8.66. The number of nitrogens with two attached hydrogens (primary N) is 1. The van der Waals surface area contributed by atoms with Gasteiger partial charge in [-0.15, -0.1) is 0 Å². The molecule has 78 valence electrons. The normalized spacial score (nSPS) is 12.5. The lowest BCUT2D eigenvalue weighted by atomic mass is 10.0. The van der Waals surface area contributed by atoms with Gasteiger partial charge in [-0.3, -0.25) is 0 Å². The third kappa shape index (κ3) is 2.64. The first kappa shape index (κ1) is 10.9. The summed E-state index contributed by atoms with van der Waals surface area (Å²) in [6.45, 7) is 2.77. The summed E-state index contributed by atoms with van der Waals surface area (Å²) >= 11 is 0. The van der Waals surface area contributed by atoms with Gasteiger partial charge in [-0.25, -0.2) is 0 Å². The van der Waals surface area contributed by atoms with E-state index in [2.05, 4.69) is 6.92 Å². The average molecular weight is 195 g/mol. The third-order valence-corrected chi connectivity index (χ3v) is 2.23. The highest BCUT2D eigenvalue weighted by molar-refractivity contribution is 5.41. The quantitative estimate of drug-likeness (QED) is 0.766. The minimum absolute atomic E-state index is 0.177. The SMILES string of the molecule is COc1cc(CC(C)CN)ccc1O. The first-order chi connectivity index (χ1) is 6.67. The molecule has 3 heteroatoms. The van der Waals surface area contributed by atoms with Crippen molar-refractivity contribution in [1.82, 2.24) is 0 Å². The van der Waals surface area contributed by atoms with E-state index < -0.39 is 0 Å². The lowest BCUT2D eigenvalue weighted by Crippen LogP contribution is -2.13. The van der Waals surface area contributed by atoms with Gasteiger partial charge >= 0.3 is 0 Å². The summed E-state index contributed by atoms with van der Waals surface area (Å²) in [6, 6.07) is 5.39. The van der Waals surface area contributed by atoms with Gasteiger partial charge in [0.05, 0.1) is 7.11 Å². The van der Waals surface area contributed by atoms with Crippen molar-refractivity contribution in [3.05, 3.63) is 23.8 Å². The molecule has 1 aromatic rings. The van der Waals surface area contributed by atoms with Crippen LogP contribution in [0, 0.1) is 5.92 Å². The Bertz CT molecular complexity index is 299. The molecule has 3 nitrogen and oxygen atoms in total. The van der Waals surface area contributed by atoms with E-state index in [9.17, 15) is 5.11 Å². The van der Waals surface area contributed by atoms with Crippen LogP contribution in [0.1, 0.15) is 12.5 Å². The molecule has 0 bridgehead atoms. The van der Waals surface area contributed by atoms with Gasteiger partial charge < -0.3 is 15.6 Å². The Morgan fingerprint density at radius 2 is 2.21 bits per heavy atom. The van der Waals surface area contributed by atoms with Crippen LogP contribution in [0.5, 0.6) is 11.5 Å². The second-order valence-corrected chi connectivity index (χ2v) is 3.55. The number of hydrogen-bond acceptors (Lipinski definition) is 3. The fourth-order valence-corrected chi connectivity index (χ4v) is 1.33. The highest BCUT2D eigenvalue weighted by Gasteiger charge is 2.05. The Balaban J connectivity index is 2.79. The fraction of sp³-hybridized carbons (Fsp3) is 0.455. The molecule has 0 saturated carbocycles. The van der Waals surface area contributed by atoms with E-state index in [4.69, 9.17) is 10.5 Å². The minimum Gasteiger partial charge on any atom is -0.504 e. The molecule has 0 fully saturated rings. The number of hydrogen-bond donors (Lipinski definition) is 2. The molecule has 1 atom stereocenters. The van der Waals surface area contributed by atoms with Gasteiger partial charge in [0.15, 0.2) is 11.5 Å². The number of phenolic OH excluding ortho intramolecular Hbond substituents is 1. The summed E-state index contributed by atoms with van der Waals surface area (Å²) in [5.41, 5.74) is 6.68. The molecule has 0 aliphatic rings. The van der Waals surface area contributed by atoms with Crippen LogP contribution in [-0.2, 0) is 6.42 Å². The van der Waals surface area contributed by atoms with Crippen molar-refractivity contribution in [2.45, 2.75) is 13.3 Å². The molecule has 0 radical (unpaired) electrons. The van der Waals surface area contributed by atoms with Crippen LogP contribution in [0.4, 0.5) is 0 Å². The van der Waals surface area contributed by atoms with E-state index in [0.29, 0.717) is 18.2 Å². The molecule has 0 aliphatic heterocycles. The maximum atomic E-state index is 9.38. The molecule has 0 saturated heterocycles.